The second-order valence-electron chi connectivity index (χ2n) is 4.53. The lowest BCUT2D eigenvalue weighted by Gasteiger charge is -2.30. The van der Waals surface area contributed by atoms with Crippen LogP contribution in [0.2, 0.25) is 10.0 Å². The summed E-state index contributed by atoms with van der Waals surface area (Å²) in [5.41, 5.74) is 0.571. The molecular weight excluding hydrogens is 257 g/mol. The summed E-state index contributed by atoms with van der Waals surface area (Å²) in [5, 5.41) is 0.869. The molecule has 0 heterocycles. The molecule has 1 rings (SSSR count). The molecule has 94 valence electrons. The highest BCUT2D eigenvalue weighted by atomic mass is 35.5. The van der Waals surface area contributed by atoms with E-state index in [0.717, 1.165) is 0 Å². The second kappa shape index (κ2) is 5.74. The van der Waals surface area contributed by atoms with Gasteiger partial charge >= 0.3 is 0 Å². The van der Waals surface area contributed by atoms with Crippen molar-refractivity contribution in [2.45, 2.75) is 39.8 Å². The lowest BCUT2D eigenvalue weighted by molar-refractivity contribution is 0.0644. The molecule has 0 unspecified atom stereocenters. The van der Waals surface area contributed by atoms with Gasteiger partial charge < -0.3 is 4.90 Å². The predicted octanol–water partition coefficient (Wildman–Crippen LogP) is 4.25. The highest BCUT2D eigenvalue weighted by Gasteiger charge is 2.21. The van der Waals surface area contributed by atoms with E-state index < -0.39 is 0 Å². The molecule has 0 aliphatic rings. The van der Waals surface area contributed by atoms with E-state index in [9.17, 15) is 4.79 Å². The van der Waals surface area contributed by atoms with Gasteiger partial charge in [-0.15, -0.1) is 0 Å². The Bertz CT molecular complexity index is 408. The zero-order valence-corrected chi connectivity index (χ0v) is 12.0. The average molecular weight is 274 g/mol. The van der Waals surface area contributed by atoms with Crippen molar-refractivity contribution in [2.24, 2.45) is 0 Å². The topological polar surface area (TPSA) is 20.3 Å². The maximum absolute atomic E-state index is 12.3. The molecule has 0 N–H and O–H groups in total. The molecule has 0 saturated carbocycles. The summed E-state index contributed by atoms with van der Waals surface area (Å²) in [6.07, 6.45) is 0. The molecule has 0 spiro atoms. The summed E-state index contributed by atoms with van der Waals surface area (Å²) in [7, 11) is 0. The van der Waals surface area contributed by atoms with Gasteiger partial charge in [-0.25, -0.2) is 0 Å². The Balaban J connectivity index is 3.06. The molecule has 17 heavy (non-hydrogen) atoms. The minimum absolute atomic E-state index is 0.0198. The number of hydrogen-bond donors (Lipinski definition) is 0. The highest BCUT2D eigenvalue weighted by Crippen LogP contribution is 2.24. The number of rotatable bonds is 3. The lowest BCUT2D eigenvalue weighted by atomic mass is 10.1. The van der Waals surface area contributed by atoms with Crippen molar-refractivity contribution in [1.29, 1.82) is 0 Å². The van der Waals surface area contributed by atoms with E-state index in [-0.39, 0.29) is 18.0 Å². The third kappa shape index (κ3) is 3.36. The standard InChI is InChI=1S/C13H17Cl2NO/c1-8(2)16(9(3)4)13(17)10-5-6-11(14)12(15)7-10/h5-9H,1-4H3. The quantitative estimate of drug-likeness (QED) is 0.806. The van der Waals surface area contributed by atoms with E-state index in [2.05, 4.69) is 0 Å². The molecular formula is C13H17Cl2NO. The van der Waals surface area contributed by atoms with Gasteiger partial charge in [0.25, 0.3) is 5.91 Å². The molecule has 0 fully saturated rings. The number of nitrogens with zero attached hydrogens (tertiary/aromatic N) is 1. The van der Waals surface area contributed by atoms with Crippen LogP contribution in [0, 0.1) is 0 Å². The van der Waals surface area contributed by atoms with Crippen LogP contribution >= 0.6 is 23.2 Å². The highest BCUT2D eigenvalue weighted by molar-refractivity contribution is 6.42. The van der Waals surface area contributed by atoms with E-state index >= 15 is 0 Å². The first kappa shape index (κ1) is 14.3. The fourth-order valence-electron chi connectivity index (χ4n) is 1.84. The van der Waals surface area contributed by atoms with Crippen LogP contribution in [0.25, 0.3) is 0 Å². The number of benzene rings is 1. The van der Waals surface area contributed by atoms with Crippen LogP contribution in [0.3, 0.4) is 0 Å². The smallest absolute Gasteiger partial charge is 0.254 e. The van der Waals surface area contributed by atoms with Crippen molar-refractivity contribution in [2.75, 3.05) is 0 Å². The average Bonchev–Trinajstić information content (AvgIpc) is 2.20. The molecule has 0 radical (unpaired) electrons. The van der Waals surface area contributed by atoms with E-state index in [1.165, 1.54) is 0 Å². The molecule has 0 aliphatic carbocycles. The van der Waals surface area contributed by atoms with Crippen molar-refractivity contribution in [3.63, 3.8) is 0 Å². The normalized spacial score (nSPS) is 11.1. The van der Waals surface area contributed by atoms with E-state index in [0.29, 0.717) is 15.6 Å². The van der Waals surface area contributed by atoms with Crippen LogP contribution in [0.5, 0.6) is 0 Å². The summed E-state index contributed by atoms with van der Waals surface area (Å²) in [6.45, 7) is 7.98. The summed E-state index contributed by atoms with van der Waals surface area (Å²) >= 11 is 11.8. The summed E-state index contributed by atoms with van der Waals surface area (Å²) < 4.78 is 0. The van der Waals surface area contributed by atoms with Crippen molar-refractivity contribution in [3.8, 4) is 0 Å². The number of hydrogen-bond acceptors (Lipinski definition) is 1. The Morgan fingerprint density at radius 1 is 1.06 bits per heavy atom. The maximum Gasteiger partial charge on any atom is 0.254 e. The fraction of sp³-hybridized carbons (Fsp3) is 0.462. The molecule has 4 heteroatoms. The van der Waals surface area contributed by atoms with Crippen LogP contribution in [-0.2, 0) is 0 Å². The van der Waals surface area contributed by atoms with Gasteiger partial charge in [-0.05, 0) is 45.9 Å². The Kier molecular flexibility index (Phi) is 4.84. The van der Waals surface area contributed by atoms with E-state index in [1.807, 2.05) is 32.6 Å². The summed E-state index contributed by atoms with van der Waals surface area (Å²) in [4.78, 5) is 14.1. The first-order chi connectivity index (χ1) is 7.84. The fourth-order valence-corrected chi connectivity index (χ4v) is 2.14. The summed E-state index contributed by atoms with van der Waals surface area (Å²) in [6, 6.07) is 5.27. The first-order valence-electron chi connectivity index (χ1n) is 5.62. The molecule has 0 atom stereocenters. The van der Waals surface area contributed by atoms with Gasteiger partial charge in [-0.3, -0.25) is 4.79 Å². The monoisotopic (exact) mass is 273 g/mol. The van der Waals surface area contributed by atoms with Crippen molar-refractivity contribution < 1.29 is 4.79 Å². The number of halogens is 2. The first-order valence-corrected chi connectivity index (χ1v) is 6.38. The zero-order valence-electron chi connectivity index (χ0n) is 10.5. The molecule has 0 aliphatic heterocycles. The Morgan fingerprint density at radius 3 is 2.00 bits per heavy atom. The van der Waals surface area contributed by atoms with E-state index in [1.54, 1.807) is 18.2 Å². The molecule has 1 aromatic rings. The third-order valence-corrected chi connectivity index (χ3v) is 3.25. The van der Waals surface area contributed by atoms with Gasteiger partial charge in [-0.2, -0.15) is 0 Å². The SMILES string of the molecule is CC(C)N(C(=O)c1ccc(Cl)c(Cl)c1)C(C)C. The van der Waals surface area contributed by atoms with Crippen LogP contribution in [0.15, 0.2) is 18.2 Å². The number of carbonyl (C=O) groups is 1. The van der Waals surface area contributed by atoms with Crippen LogP contribution in [-0.4, -0.2) is 22.9 Å². The molecule has 0 saturated heterocycles. The van der Waals surface area contributed by atoms with Crippen LogP contribution < -0.4 is 0 Å². The van der Waals surface area contributed by atoms with Gasteiger partial charge in [-0.1, -0.05) is 23.2 Å². The van der Waals surface area contributed by atoms with Crippen molar-refractivity contribution >= 4 is 29.1 Å². The Labute approximate surface area is 113 Å². The van der Waals surface area contributed by atoms with Crippen LogP contribution in [0.4, 0.5) is 0 Å². The van der Waals surface area contributed by atoms with E-state index in [4.69, 9.17) is 23.2 Å². The lowest BCUT2D eigenvalue weighted by Crippen LogP contribution is -2.42. The third-order valence-electron chi connectivity index (χ3n) is 2.51. The van der Waals surface area contributed by atoms with Crippen molar-refractivity contribution in [1.82, 2.24) is 4.90 Å². The van der Waals surface area contributed by atoms with Gasteiger partial charge in [0.1, 0.15) is 0 Å². The largest absolute Gasteiger partial charge is 0.334 e. The molecule has 0 bridgehead atoms. The second-order valence-corrected chi connectivity index (χ2v) is 5.34. The molecule has 2 nitrogen and oxygen atoms in total. The molecule has 0 aromatic heterocycles. The van der Waals surface area contributed by atoms with Gasteiger partial charge in [0, 0.05) is 17.6 Å². The predicted molar refractivity (Wildman–Crippen MR) is 72.9 cm³/mol. The van der Waals surface area contributed by atoms with Gasteiger partial charge in [0.15, 0.2) is 0 Å². The van der Waals surface area contributed by atoms with Crippen LogP contribution in [0.1, 0.15) is 38.1 Å². The van der Waals surface area contributed by atoms with Gasteiger partial charge in [0.05, 0.1) is 10.0 Å². The summed E-state index contributed by atoms with van der Waals surface area (Å²) in [5.74, 6) is -0.0198. The maximum atomic E-state index is 12.3. The minimum atomic E-state index is -0.0198. The van der Waals surface area contributed by atoms with Gasteiger partial charge in [0.2, 0.25) is 0 Å². The minimum Gasteiger partial charge on any atom is -0.334 e. The Hall–Kier alpha value is -0.730. The number of amides is 1. The zero-order chi connectivity index (χ0) is 13.2. The number of carbonyl (C=O) groups excluding carboxylic acids is 1. The molecule has 1 aromatic carbocycles. The molecule has 1 amide bonds. The Morgan fingerprint density at radius 2 is 1.59 bits per heavy atom. The van der Waals surface area contributed by atoms with Crippen molar-refractivity contribution in [3.05, 3.63) is 33.8 Å².